The third-order valence-corrected chi connectivity index (χ3v) is 9.45. The van der Waals surface area contributed by atoms with Crippen molar-refractivity contribution in [1.82, 2.24) is 8.87 Å². The van der Waals surface area contributed by atoms with E-state index < -0.39 is 15.9 Å². The summed E-state index contributed by atoms with van der Waals surface area (Å²) in [5.41, 5.74) is 0.973. The number of hydrogen-bond acceptors (Lipinski definition) is 6. The van der Waals surface area contributed by atoms with Crippen LogP contribution in [0.1, 0.15) is 19.8 Å². The number of thiophene rings is 1. The lowest BCUT2D eigenvalue weighted by Gasteiger charge is -2.29. The summed E-state index contributed by atoms with van der Waals surface area (Å²) < 4.78 is 35.8. The van der Waals surface area contributed by atoms with Crippen molar-refractivity contribution in [3.05, 3.63) is 40.5 Å². The third kappa shape index (κ3) is 4.09. The average molecular weight is 466 g/mol. The molecule has 1 aliphatic rings. The van der Waals surface area contributed by atoms with Crippen molar-refractivity contribution in [3.8, 4) is 5.75 Å². The summed E-state index contributed by atoms with van der Waals surface area (Å²) in [6, 6.07) is 9.12. The Morgan fingerprint density at radius 2 is 2.17 bits per heavy atom. The molecule has 3 heterocycles. The van der Waals surface area contributed by atoms with E-state index in [1.807, 2.05) is 36.7 Å². The Hall–Kier alpha value is -2.01. The number of benzene rings is 1. The molecule has 0 aliphatic carbocycles. The number of amides is 1. The molecule has 1 amide bonds. The smallest absolute Gasteiger partial charge is 0.252 e. The predicted octanol–water partition coefficient (Wildman–Crippen LogP) is 3.23. The molecular formula is C20H23N3O4S3. The Kier molecular flexibility index (Phi) is 6.10. The Bertz CT molecular complexity index is 1230. The molecule has 30 heavy (non-hydrogen) atoms. The van der Waals surface area contributed by atoms with Crippen molar-refractivity contribution in [3.63, 3.8) is 0 Å². The molecule has 1 unspecified atom stereocenters. The molecule has 2 aromatic heterocycles. The molecule has 0 spiro atoms. The number of carbonyl (C=O) groups is 1. The van der Waals surface area contributed by atoms with E-state index in [2.05, 4.69) is 4.99 Å². The van der Waals surface area contributed by atoms with Crippen molar-refractivity contribution < 1.29 is 17.9 Å². The van der Waals surface area contributed by atoms with E-state index in [1.54, 1.807) is 17.5 Å². The zero-order valence-corrected chi connectivity index (χ0v) is 19.2. The minimum atomic E-state index is -3.56. The summed E-state index contributed by atoms with van der Waals surface area (Å²) in [6.07, 6.45) is 1.29. The first-order valence-corrected chi connectivity index (χ1v) is 12.9. The van der Waals surface area contributed by atoms with Crippen LogP contribution in [0, 0.1) is 5.92 Å². The monoisotopic (exact) mass is 465 g/mol. The standard InChI is InChI=1S/C20H23N3O4S3/c1-3-27-15-8-9-16-17(12-15)29-20(22(16)2)21-19(24)14-6-4-10-23(13-14)30(25,26)18-7-5-11-28-18/h5,7-9,11-12,14H,3-4,6,10,13H2,1-2H3. The molecule has 1 saturated heterocycles. The number of sulfonamides is 1. The van der Waals surface area contributed by atoms with Crippen LogP contribution in [0.5, 0.6) is 5.75 Å². The number of fused-ring (bicyclic) bond motifs is 1. The molecule has 3 aromatic rings. The molecule has 7 nitrogen and oxygen atoms in total. The van der Waals surface area contributed by atoms with Gasteiger partial charge in [0.15, 0.2) is 4.80 Å². The van der Waals surface area contributed by atoms with Crippen molar-refractivity contribution in [2.24, 2.45) is 18.0 Å². The summed E-state index contributed by atoms with van der Waals surface area (Å²) in [5.74, 6) is 0.0809. The fourth-order valence-corrected chi connectivity index (χ4v) is 7.28. The average Bonchev–Trinajstić information content (AvgIpc) is 3.38. The number of aryl methyl sites for hydroxylation is 1. The molecule has 0 radical (unpaired) electrons. The fourth-order valence-electron chi connectivity index (χ4n) is 3.56. The second-order valence-electron chi connectivity index (χ2n) is 7.09. The van der Waals surface area contributed by atoms with Crippen LogP contribution in [-0.2, 0) is 21.9 Å². The van der Waals surface area contributed by atoms with Gasteiger partial charge in [-0.2, -0.15) is 9.30 Å². The molecule has 10 heteroatoms. The van der Waals surface area contributed by atoms with E-state index in [-0.39, 0.29) is 12.5 Å². The molecule has 1 atom stereocenters. The highest BCUT2D eigenvalue weighted by atomic mass is 32.2. The van der Waals surface area contributed by atoms with Gasteiger partial charge in [0, 0.05) is 20.1 Å². The Labute approximate surface area is 183 Å². The molecule has 1 aromatic carbocycles. The highest BCUT2D eigenvalue weighted by molar-refractivity contribution is 7.91. The van der Waals surface area contributed by atoms with E-state index >= 15 is 0 Å². The van der Waals surface area contributed by atoms with Crippen molar-refractivity contribution >= 4 is 48.8 Å². The molecule has 0 bridgehead atoms. The van der Waals surface area contributed by atoms with Crippen LogP contribution in [0.2, 0.25) is 0 Å². The number of rotatable bonds is 5. The van der Waals surface area contributed by atoms with Crippen LogP contribution in [0.25, 0.3) is 10.2 Å². The summed E-state index contributed by atoms with van der Waals surface area (Å²) in [6.45, 7) is 3.13. The van der Waals surface area contributed by atoms with Crippen LogP contribution < -0.4 is 9.54 Å². The summed E-state index contributed by atoms with van der Waals surface area (Å²) in [7, 11) is -1.68. The lowest BCUT2D eigenvalue weighted by atomic mass is 9.99. The van der Waals surface area contributed by atoms with Gasteiger partial charge in [0.2, 0.25) is 0 Å². The van der Waals surface area contributed by atoms with Crippen molar-refractivity contribution in [1.29, 1.82) is 0 Å². The Morgan fingerprint density at radius 3 is 2.90 bits per heavy atom. The molecular weight excluding hydrogens is 442 g/mol. The third-order valence-electron chi connectivity index (χ3n) is 5.12. The fraction of sp³-hybridized carbons (Fsp3) is 0.400. The van der Waals surface area contributed by atoms with E-state index in [0.717, 1.165) is 16.0 Å². The second kappa shape index (κ2) is 8.62. The maximum absolute atomic E-state index is 12.9. The maximum Gasteiger partial charge on any atom is 0.252 e. The van der Waals surface area contributed by atoms with Gasteiger partial charge in [-0.1, -0.05) is 17.4 Å². The number of piperidine rings is 1. The molecule has 0 saturated carbocycles. The number of hydrogen-bond donors (Lipinski definition) is 0. The lowest BCUT2D eigenvalue weighted by molar-refractivity contribution is -0.122. The van der Waals surface area contributed by atoms with Gasteiger partial charge < -0.3 is 9.30 Å². The van der Waals surface area contributed by atoms with Gasteiger partial charge in [-0.3, -0.25) is 4.79 Å². The minimum Gasteiger partial charge on any atom is -0.494 e. The van der Waals surface area contributed by atoms with E-state index in [4.69, 9.17) is 4.74 Å². The number of thiazole rings is 1. The summed E-state index contributed by atoms with van der Waals surface area (Å²) in [4.78, 5) is 17.9. The van der Waals surface area contributed by atoms with E-state index in [1.165, 1.54) is 27.0 Å². The van der Waals surface area contributed by atoms with Gasteiger partial charge in [-0.25, -0.2) is 8.42 Å². The highest BCUT2D eigenvalue weighted by Gasteiger charge is 2.33. The van der Waals surface area contributed by atoms with Crippen LogP contribution in [0.3, 0.4) is 0 Å². The number of ether oxygens (including phenoxy) is 1. The highest BCUT2D eigenvalue weighted by Crippen LogP contribution is 2.27. The van der Waals surface area contributed by atoms with Crippen LogP contribution in [0.15, 0.2) is 44.9 Å². The second-order valence-corrected chi connectivity index (χ2v) is 11.2. The maximum atomic E-state index is 12.9. The van der Waals surface area contributed by atoms with Gasteiger partial charge in [-0.05, 0) is 49.4 Å². The lowest BCUT2D eigenvalue weighted by Crippen LogP contribution is -2.42. The summed E-state index contributed by atoms with van der Waals surface area (Å²) in [5, 5.41) is 1.74. The van der Waals surface area contributed by atoms with Crippen molar-refractivity contribution in [2.75, 3.05) is 19.7 Å². The summed E-state index contributed by atoms with van der Waals surface area (Å²) >= 11 is 2.62. The van der Waals surface area contributed by atoms with Crippen LogP contribution >= 0.6 is 22.7 Å². The van der Waals surface area contributed by atoms with Gasteiger partial charge in [0.1, 0.15) is 9.96 Å². The molecule has 1 fully saturated rings. The number of nitrogens with zero attached hydrogens (tertiary/aromatic N) is 3. The van der Waals surface area contributed by atoms with E-state index in [0.29, 0.717) is 35.0 Å². The van der Waals surface area contributed by atoms with Crippen LogP contribution in [0.4, 0.5) is 0 Å². The van der Waals surface area contributed by atoms with Crippen molar-refractivity contribution in [2.45, 2.75) is 24.0 Å². The number of carbonyl (C=O) groups excluding carboxylic acids is 1. The molecule has 160 valence electrons. The Balaban J connectivity index is 1.58. The normalized spacial score (nSPS) is 18.7. The quantitative estimate of drug-likeness (QED) is 0.579. The van der Waals surface area contributed by atoms with Gasteiger partial charge in [0.25, 0.3) is 15.9 Å². The van der Waals surface area contributed by atoms with Crippen LogP contribution in [-0.4, -0.2) is 42.9 Å². The zero-order valence-electron chi connectivity index (χ0n) is 16.8. The first kappa shape index (κ1) is 21.2. The van der Waals surface area contributed by atoms with Gasteiger partial charge >= 0.3 is 0 Å². The van der Waals surface area contributed by atoms with Gasteiger partial charge in [-0.15, -0.1) is 11.3 Å². The molecule has 1 aliphatic heterocycles. The SMILES string of the molecule is CCOc1ccc2c(c1)sc(=NC(=O)C1CCCN(S(=O)(=O)c3cccs3)C1)n2C. The van der Waals surface area contributed by atoms with Gasteiger partial charge in [0.05, 0.1) is 22.7 Å². The number of aromatic nitrogens is 1. The van der Waals surface area contributed by atoms with E-state index in [9.17, 15) is 13.2 Å². The minimum absolute atomic E-state index is 0.172. The predicted molar refractivity (Wildman–Crippen MR) is 118 cm³/mol. The first-order chi connectivity index (χ1) is 14.4. The zero-order chi connectivity index (χ0) is 21.3. The Morgan fingerprint density at radius 1 is 1.33 bits per heavy atom. The topological polar surface area (TPSA) is 81.0 Å². The molecule has 0 N–H and O–H groups in total. The largest absolute Gasteiger partial charge is 0.494 e. The molecule has 4 rings (SSSR count). The first-order valence-electron chi connectivity index (χ1n) is 9.74.